The average molecular weight is 220 g/mol. The zero-order valence-corrected chi connectivity index (χ0v) is 9.50. The summed E-state index contributed by atoms with van der Waals surface area (Å²) in [6, 6.07) is 3.92. The third kappa shape index (κ3) is 2.52. The van der Waals surface area contributed by atoms with Crippen LogP contribution in [0.2, 0.25) is 5.02 Å². The molecule has 0 unspecified atom stereocenters. The van der Waals surface area contributed by atoms with Crippen LogP contribution in [0.5, 0.6) is 0 Å². The summed E-state index contributed by atoms with van der Waals surface area (Å²) in [6.07, 6.45) is 1.87. The molecule has 0 radical (unpaired) electrons. The lowest BCUT2D eigenvalue weighted by atomic mass is 10.0. The minimum Gasteiger partial charge on any atom is -0.398 e. The van der Waals surface area contributed by atoms with E-state index in [9.17, 15) is 0 Å². The molecule has 74 valence electrons. The number of nitrogen functional groups attached to an aromatic ring is 1. The second kappa shape index (κ2) is 5.36. The summed E-state index contributed by atoms with van der Waals surface area (Å²) in [5, 5.41) is 0.784. The van der Waals surface area contributed by atoms with E-state index in [1.165, 1.54) is 5.56 Å². The van der Waals surface area contributed by atoms with Crippen LogP contribution >= 0.6 is 24.0 Å². The maximum Gasteiger partial charge on any atom is 0.0458 e. The van der Waals surface area contributed by atoms with E-state index in [0.717, 1.165) is 29.1 Å². The van der Waals surface area contributed by atoms with Crippen molar-refractivity contribution in [3.63, 3.8) is 0 Å². The highest BCUT2D eigenvalue weighted by Gasteiger charge is 2.05. The van der Waals surface area contributed by atoms with Gasteiger partial charge in [-0.05, 0) is 30.0 Å². The van der Waals surface area contributed by atoms with Gasteiger partial charge in [-0.15, -0.1) is 12.4 Å². The van der Waals surface area contributed by atoms with Gasteiger partial charge in [0.2, 0.25) is 0 Å². The molecule has 3 heteroatoms. The van der Waals surface area contributed by atoms with Gasteiger partial charge >= 0.3 is 0 Å². The number of anilines is 1. The predicted octanol–water partition coefficient (Wildman–Crippen LogP) is 3.47. The summed E-state index contributed by atoms with van der Waals surface area (Å²) >= 11 is 5.98. The summed E-state index contributed by atoms with van der Waals surface area (Å²) in [4.78, 5) is 0. The lowest BCUT2D eigenvalue weighted by Gasteiger charge is -2.09. The highest BCUT2D eigenvalue weighted by Crippen LogP contribution is 2.26. The number of nitrogens with two attached hydrogens (primary N) is 1. The summed E-state index contributed by atoms with van der Waals surface area (Å²) in [5.41, 5.74) is 9.06. The van der Waals surface area contributed by atoms with Crippen LogP contribution in [-0.2, 0) is 12.8 Å². The smallest absolute Gasteiger partial charge is 0.0458 e. The van der Waals surface area contributed by atoms with Gasteiger partial charge in [-0.2, -0.15) is 0 Å². The minimum atomic E-state index is 0. The predicted molar refractivity (Wildman–Crippen MR) is 61.9 cm³/mol. The Morgan fingerprint density at radius 2 is 1.85 bits per heavy atom. The molecule has 0 saturated carbocycles. The van der Waals surface area contributed by atoms with Crippen molar-refractivity contribution in [3.05, 3.63) is 28.3 Å². The van der Waals surface area contributed by atoms with Crippen LogP contribution in [0.4, 0.5) is 5.69 Å². The number of benzene rings is 1. The number of halogens is 2. The number of hydrogen-bond acceptors (Lipinski definition) is 1. The van der Waals surface area contributed by atoms with Crippen molar-refractivity contribution in [2.75, 3.05) is 5.73 Å². The molecule has 0 spiro atoms. The van der Waals surface area contributed by atoms with E-state index in [1.54, 1.807) is 0 Å². The second-order valence-electron chi connectivity index (χ2n) is 2.81. The van der Waals surface area contributed by atoms with E-state index < -0.39 is 0 Å². The van der Waals surface area contributed by atoms with E-state index in [4.69, 9.17) is 17.3 Å². The van der Waals surface area contributed by atoms with E-state index in [-0.39, 0.29) is 12.4 Å². The molecule has 0 amide bonds. The first-order chi connectivity index (χ1) is 5.70. The Kier molecular flexibility index (Phi) is 5.19. The number of aryl methyl sites for hydroxylation is 1. The molecular formula is C10H15Cl2N. The van der Waals surface area contributed by atoms with E-state index in [1.807, 2.05) is 12.1 Å². The number of hydrogen-bond donors (Lipinski definition) is 1. The van der Waals surface area contributed by atoms with Crippen LogP contribution in [0.3, 0.4) is 0 Å². The second-order valence-corrected chi connectivity index (χ2v) is 3.21. The van der Waals surface area contributed by atoms with Crippen molar-refractivity contribution in [2.24, 2.45) is 0 Å². The van der Waals surface area contributed by atoms with Crippen LogP contribution in [-0.4, -0.2) is 0 Å². The zero-order chi connectivity index (χ0) is 9.14. The summed E-state index contributed by atoms with van der Waals surface area (Å²) in [6.45, 7) is 4.16. The Morgan fingerprint density at radius 3 is 2.31 bits per heavy atom. The molecule has 13 heavy (non-hydrogen) atoms. The summed E-state index contributed by atoms with van der Waals surface area (Å²) < 4.78 is 0. The van der Waals surface area contributed by atoms with Gasteiger partial charge in [0, 0.05) is 10.7 Å². The van der Waals surface area contributed by atoms with Crippen LogP contribution in [0.25, 0.3) is 0 Å². The van der Waals surface area contributed by atoms with Gasteiger partial charge in [0.1, 0.15) is 0 Å². The molecule has 0 bridgehead atoms. The van der Waals surface area contributed by atoms with Gasteiger partial charge in [-0.25, -0.2) is 0 Å². The SMILES string of the molecule is CCc1ccc(Cl)c(CC)c1N.Cl. The first kappa shape index (κ1) is 12.6. The molecule has 0 aliphatic carbocycles. The van der Waals surface area contributed by atoms with Crippen molar-refractivity contribution in [1.82, 2.24) is 0 Å². The molecule has 0 saturated heterocycles. The molecule has 0 aliphatic heterocycles. The van der Waals surface area contributed by atoms with Crippen LogP contribution in [0, 0.1) is 0 Å². The van der Waals surface area contributed by atoms with Gasteiger partial charge in [-0.1, -0.05) is 31.5 Å². The van der Waals surface area contributed by atoms with Crippen LogP contribution < -0.4 is 5.73 Å². The molecule has 1 aromatic rings. The topological polar surface area (TPSA) is 26.0 Å². The summed E-state index contributed by atoms with van der Waals surface area (Å²) in [7, 11) is 0. The molecule has 0 heterocycles. The normalized spacial score (nSPS) is 9.46. The van der Waals surface area contributed by atoms with Crippen LogP contribution in [0.15, 0.2) is 12.1 Å². The maximum atomic E-state index is 5.98. The van der Waals surface area contributed by atoms with E-state index in [0.29, 0.717) is 0 Å². The molecule has 1 aromatic carbocycles. The van der Waals surface area contributed by atoms with Gasteiger partial charge < -0.3 is 5.73 Å². The first-order valence-electron chi connectivity index (χ1n) is 4.26. The number of rotatable bonds is 2. The van der Waals surface area contributed by atoms with E-state index in [2.05, 4.69) is 13.8 Å². The lowest BCUT2D eigenvalue weighted by Crippen LogP contribution is -1.98. The fraction of sp³-hybridized carbons (Fsp3) is 0.400. The molecule has 0 aromatic heterocycles. The standard InChI is InChI=1S/C10H14ClN.ClH/c1-3-7-5-6-9(11)8(4-2)10(7)12;/h5-6H,3-4,12H2,1-2H3;1H. The third-order valence-corrected chi connectivity index (χ3v) is 2.48. The van der Waals surface area contributed by atoms with Crippen molar-refractivity contribution in [2.45, 2.75) is 26.7 Å². The van der Waals surface area contributed by atoms with Gasteiger partial charge in [0.05, 0.1) is 0 Å². The Bertz CT molecular complexity index is 284. The summed E-state index contributed by atoms with van der Waals surface area (Å²) in [5.74, 6) is 0. The zero-order valence-electron chi connectivity index (χ0n) is 7.93. The van der Waals surface area contributed by atoms with Crippen molar-refractivity contribution in [3.8, 4) is 0 Å². The van der Waals surface area contributed by atoms with Crippen molar-refractivity contribution in [1.29, 1.82) is 0 Å². The molecule has 1 nitrogen and oxygen atoms in total. The fourth-order valence-electron chi connectivity index (χ4n) is 1.35. The average Bonchev–Trinajstić information content (AvgIpc) is 2.06. The van der Waals surface area contributed by atoms with E-state index >= 15 is 0 Å². The Morgan fingerprint density at radius 1 is 1.23 bits per heavy atom. The van der Waals surface area contributed by atoms with Crippen LogP contribution in [0.1, 0.15) is 25.0 Å². The minimum absolute atomic E-state index is 0. The van der Waals surface area contributed by atoms with Gasteiger partial charge in [0.15, 0.2) is 0 Å². The Hall–Kier alpha value is -0.400. The monoisotopic (exact) mass is 219 g/mol. The maximum absolute atomic E-state index is 5.98. The fourth-order valence-corrected chi connectivity index (χ4v) is 1.65. The largest absolute Gasteiger partial charge is 0.398 e. The first-order valence-corrected chi connectivity index (χ1v) is 4.64. The van der Waals surface area contributed by atoms with Gasteiger partial charge in [-0.3, -0.25) is 0 Å². The Balaban J connectivity index is 0.00000144. The van der Waals surface area contributed by atoms with Crippen molar-refractivity contribution >= 4 is 29.7 Å². The van der Waals surface area contributed by atoms with Crippen molar-refractivity contribution < 1.29 is 0 Å². The molecule has 1 rings (SSSR count). The molecule has 0 fully saturated rings. The lowest BCUT2D eigenvalue weighted by molar-refractivity contribution is 1.09. The highest BCUT2D eigenvalue weighted by atomic mass is 35.5. The Labute approximate surface area is 90.7 Å². The third-order valence-electron chi connectivity index (χ3n) is 2.12. The quantitative estimate of drug-likeness (QED) is 0.758. The molecule has 2 N–H and O–H groups in total. The highest BCUT2D eigenvalue weighted by molar-refractivity contribution is 6.31. The molecule has 0 aliphatic rings. The van der Waals surface area contributed by atoms with Gasteiger partial charge in [0.25, 0.3) is 0 Å². The molecular weight excluding hydrogens is 205 g/mol. The molecule has 0 atom stereocenters.